The maximum atomic E-state index is 11.1. The van der Waals surface area contributed by atoms with Gasteiger partial charge in [0.2, 0.25) is 0 Å². The van der Waals surface area contributed by atoms with Crippen molar-refractivity contribution in [2.75, 3.05) is 6.61 Å². The van der Waals surface area contributed by atoms with Crippen molar-refractivity contribution in [1.29, 1.82) is 0 Å². The third-order valence-corrected chi connectivity index (χ3v) is 2.24. The van der Waals surface area contributed by atoms with Gasteiger partial charge < -0.3 is 14.2 Å². The summed E-state index contributed by atoms with van der Waals surface area (Å²) in [6.07, 6.45) is 2.90. The van der Waals surface area contributed by atoms with Crippen LogP contribution in [0.1, 0.15) is 39.0 Å². The summed E-state index contributed by atoms with van der Waals surface area (Å²) in [4.78, 5) is 21.8. The Morgan fingerprint density at radius 1 is 1.13 bits per heavy atom. The van der Waals surface area contributed by atoms with E-state index in [1.807, 2.05) is 0 Å². The van der Waals surface area contributed by atoms with Crippen LogP contribution in [0.2, 0.25) is 0 Å². The lowest BCUT2D eigenvalue weighted by Gasteiger charge is -2.20. The Balaban J connectivity index is 2.19. The predicted molar refractivity (Wildman–Crippen MR) is 51.5 cm³/mol. The summed E-state index contributed by atoms with van der Waals surface area (Å²) in [7, 11) is 0. The van der Waals surface area contributed by atoms with Gasteiger partial charge >= 0.3 is 12.3 Å². The van der Waals surface area contributed by atoms with Gasteiger partial charge in [0.1, 0.15) is 6.10 Å². The Labute approximate surface area is 88.7 Å². The largest absolute Gasteiger partial charge is 0.518 e. The normalized spacial score (nSPS) is 16.9. The van der Waals surface area contributed by atoms with Gasteiger partial charge in [-0.05, 0) is 32.6 Å². The van der Waals surface area contributed by atoms with Gasteiger partial charge in [-0.2, -0.15) is 0 Å². The molecule has 1 aliphatic rings. The molecular weight excluding hydrogens is 200 g/mol. The summed E-state index contributed by atoms with van der Waals surface area (Å²) in [5.41, 5.74) is 0. The van der Waals surface area contributed by atoms with Crippen molar-refractivity contribution < 1.29 is 23.8 Å². The number of ether oxygens (including phenoxy) is 3. The monoisotopic (exact) mass is 216 g/mol. The Morgan fingerprint density at radius 2 is 1.80 bits per heavy atom. The van der Waals surface area contributed by atoms with Crippen molar-refractivity contribution in [3.05, 3.63) is 0 Å². The minimum absolute atomic E-state index is 0.110. The third-order valence-electron chi connectivity index (χ3n) is 2.24. The van der Waals surface area contributed by atoms with E-state index < -0.39 is 12.3 Å². The summed E-state index contributed by atoms with van der Waals surface area (Å²) in [6, 6.07) is 0. The second-order valence-electron chi connectivity index (χ2n) is 3.41. The Morgan fingerprint density at radius 3 is 2.40 bits per heavy atom. The van der Waals surface area contributed by atoms with Gasteiger partial charge in [0, 0.05) is 0 Å². The van der Waals surface area contributed by atoms with Crippen molar-refractivity contribution in [1.82, 2.24) is 0 Å². The van der Waals surface area contributed by atoms with E-state index in [1.165, 1.54) is 6.42 Å². The molecule has 1 aliphatic carbocycles. The van der Waals surface area contributed by atoms with Crippen LogP contribution in [-0.4, -0.2) is 25.0 Å². The first-order valence-electron chi connectivity index (χ1n) is 5.27. The molecule has 15 heavy (non-hydrogen) atoms. The first-order valence-corrected chi connectivity index (χ1v) is 5.27. The molecule has 0 saturated heterocycles. The molecule has 5 nitrogen and oxygen atoms in total. The number of carbonyl (C=O) groups is 2. The van der Waals surface area contributed by atoms with Gasteiger partial charge in [-0.1, -0.05) is 6.42 Å². The molecule has 1 fully saturated rings. The standard InChI is InChI=1S/C10H16O5/c1-2-13-9(11)15-10(12)14-8-6-4-3-5-7-8/h8H,2-7H2,1H3. The number of rotatable bonds is 2. The van der Waals surface area contributed by atoms with Crippen LogP contribution in [0.15, 0.2) is 0 Å². The van der Waals surface area contributed by atoms with Crippen LogP contribution in [0.4, 0.5) is 9.59 Å². The zero-order valence-corrected chi connectivity index (χ0v) is 8.86. The lowest BCUT2D eigenvalue weighted by Crippen LogP contribution is -2.23. The van der Waals surface area contributed by atoms with E-state index in [9.17, 15) is 9.59 Å². The predicted octanol–water partition coefficient (Wildman–Crippen LogP) is 2.63. The van der Waals surface area contributed by atoms with Crippen LogP contribution in [-0.2, 0) is 14.2 Å². The highest BCUT2D eigenvalue weighted by molar-refractivity contribution is 5.76. The second-order valence-corrected chi connectivity index (χ2v) is 3.41. The van der Waals surface area contributed by atoms with E-state index in [4.69, 9.17) is 4.74 Å². The molecule has 86 valence electrons. The summed E-state index contributed by atoms with van der Waals surface area (Å²) >= 11 is 0. The third kappa shape index (κ3) is 4.67. The van der Waals surface area contributed by atoms with Crippen molar-refractivity contribution >= 4 is 12.3 Å². The van der Waals surface area contributed by atoms with E-state index in [1.54, 1.807) is 6.92 Å². The average molecular weight is 216 g/mol. The molecule has 0 aromatic heterocycles. The molecule has 5 heteroatoms. The highest BCUT2D eigenvalue weighted by atomic mass is 16.8. The second kappa shape index (κ2) is 6.27. The quantitative estimate of drug-likeness (QED) is 0.524. The molecule has 0 aromatic carbocycles. The average Bonchev–Trinajstić information content (AvgIpc) is 2.19. The molecular formula is C10H16O5. The van der Waals surface area contributed by atoms with Crippen molar-refractivity contribution in [3.8, 4) is 0 Å². The van der Waals surface area contributed by atoms with Crippen LogP contribution in [0.25, 0.3) is 0 Å². The van der Waals surface area contributed by atoms with Gasteiger partial charge in [-0.3, -0.25) is 0 Å². The summed E-state index contributed by atoms with van der Waals surface area (Å²) in [5, 5.41) is 0. The summed E-state index contributed by atoms with van der Waals surface area (Å²) < 4.78 is 13.7. The first kappa shape index (κ1) is 11.8. The molecule has 1 saturated carbocycles. The van der Waals surface area contributed by atoms with Gasteiger partial charge in [0.15, 0.2) is 0 Å². The van der Waals surface area contributed by atoms with Crippen LogP contribution in [0.3, 0.4) is 0 Å². The van der Waals surface area contributed by atoms with Crippen molar-refractivity contribution in [2.24, 2.45) is 0 Å². The van der Waals surface area contributed by atoms with Crippen molar-refractivity contribution in [3.63, 3.8) is 0 Å². The van der Waals surface area contributed by atoms with Crippen LogP contribution in [0.5, 0.6) is 0 Å². The van der Waals surface area contributed by atoms with Crippen LogP contribution in [0, 0.1) is 0 Å². The van der Waals surface area contributed by atoms with Gasteiger partial charge in [-0.25, -0.2) is 9.59 Å². The van der Waals surface area contributed by atoms with Crippen LogP contribution >= 0.6 is 0 Å². The number of hydrogen-bond acceptors (Lipinski definition) is 5. The SMILES string of the molecule is CCOC(=O)OC(=O)OC1CCCCC1. The van der Waals surface area contributed by atoms with E-state index in [-0.39, 0.29) is 12.7 Å². The molecule has 0 amide bonds. The number of hydrogen-bond donors (Lipinski definition) is 0. The topological polar surface area (TPSA) is 61.8 Å². The molecule has 0 unspecified atom stereocenters. The molecule has 0 heterocycles. The van der Waals surface area contributed by atoms with Crippen LogP contribution < -0.4 is 0 Å². The fourth-order valence-electron chi connectivity index (χ4n) is 1.56. The molecule has 0 atom stereocenters. The Hall–Kier alpha value is -1.26. The smallest absolute Gasteiger partial charge is 0.434 e. The maximum absolute atomic E-state index is 11.1. The summed E-state index contributed by atoms with van der Waals surface area (Å²) in [6.45, 7) is 1.81. The highest BCUT2D eigenvalue weighted by Gasteiger charge is 2.20. The molecule has 0 radical (unpaired) electrons. The van der Waals surface area contributed by atoms with E-state index >= 15 is 0 Å². The molecule has 0 aliphatic heterocycles. The van der Waals surface area contributed by atoms with E-state index in [0.29, 0.717) is 0 Å². The Kier molecular flexibility index (Phi) is 4.93. The maximum Gasteiger partial charge on any atom is 0.518 e. The minimum atomic E-state index is -1.00. The summed E-state index contributed by atoms with van der Waals surface area (Å²) in [5.74, 6) is 0. The van der Waals surface area contributed by atoms with Gasteiger partial charge in [0.25, 0.3) is 0 Å². The molecule has 1 rings (SSSR count). The fraction of sp³-hybridized carbons (Fsp3) is 0.800. The first-order chi connectivity index (χ1) is 7.22. The van der Waals surface area contributed by atoms with E-state index in [0.717, 1.165) is 25.7 Å². The van der Waals surface area contributed by atoms with Gasteiger partial charge in [0.05, 0.1) is 6.61 Å². The molecule has 0 spiro atoms. The zero-order valence-electron chi connectivity index (χ0n) is 8.86. The zero-order chi connectivity index (χ0) is 11.1. The lowest BCUT2D eigenvalue weighted by molar-refractivity contribution is 0.00841. The minimum Gasteiger partial charge on any atom is -0.434 e. The fourth-order valence-corrected chi connectivity index (χ4v) is 1.56. The highest BCUT2D eigenvalue weighted by Crippen LogP contribution is 2.20. The Bertz CT molecular complexity index is 220. The molecule has 0 N–H and O–H groups in total. The lowest BCUT2D eigenvalue weighted by atomic mass is 9.98. The molecule has 0 aromatic rings. The van der Waals surface area contributed by atoms with Crippen molar-refractivity contribution in [2.45, 2.75) is 45.1 Å². The molecule has 0 bridgehead atoms. The van der Waals surface area contributed by atoms with E-state index in [2.05, 4.69) is 9.47 Å². The number of carbonyl (C=O) groups excluding carboxylic acids is 2. The van der Waals surface area contributed by atoms with Gasteiger partial charge in [-0.15, -0.1) is 0 Å².